The van der Waals surface area contributed by atoms with E-state index < -0.39 is 0 Å². The van der Waals surface area contributed by atoms with Crippen molar-refractivity contribution in [3.8, 4) is 34.2 Å². The van der Waals surface area contributed by atoms with Gasteiger partial charge in [0, 0.05) is 22.1 Å². The van der Waals surface area contributed by atoms with E-state index in [9.17, 15) is 0 Å². The predicted octanol–water partition coefficient (Wildman–Crippen LogP) is 9.53. The molecule has 0 amide bonds. The minimum atomic E-state index is -0.186. The van der Waals surface area contributed by atoms with Gasteiger partial charge in [0.2, 0.25) is 0 Å². The van der Waals surface area contributed by atoms with E-state index in [4.69, 9.17) is 21.5 Å². The fourth-order valence-corrected chi connectivity index (χ4v) is 5.83. The van der Waals surface area contributed by atoms with Crippen molar-refractivity contribution in [2.75, 3.05) is 4.90 Å². The zero-order valence-corrected chi connectivity index (χ0v) is 23.4. The average molecular weight is 542 g/mol. The van der Waals surface area contributed by atoms with Crippen molar-refractivity contribution in [3.63, 3.8) is 0 Å². The van der Waals surface area contributed by atoms with E-state index in [1.165, 1.54) is 11.1 Å². The number of rotatable bonds is 4. The van der Waals surface area contributed by atoms with Crippen LogP contribution < -0.4 is 4.90 Å². The first-order valence-electron chi connectivity index (χ1n) is 13.9. The molecule has 1 aromatic heterocycles. The average Bonchev–Trinajstić information content (AvgIpc) is 3.05. The largest absolute Gasteiger partial charge is 0.309 e. The van der Waals surface area contributed by atoms with Gasteiger partial charge in [-0.05, 0) is 35.4 Å². The van der Waals surface area contributed by atoms with Crippen LogP contribution >= 0.6 is 0 Å². The maximum absolute atomic E-state index is 7.82. The zero-order chi connectivity index (χ0) is 28.7. The second-order valence-corrected chi connectivity index (χ2v) is 10.8. The molecule has 0 radical (unpaired) electrons. The van der Waals surface area contributed by atoms with Crippen molar-refractivity contribution in [1.29, 1.82) is 0 Å². The van der Waals surface area contributed by atoms with Gasteiger partial charge < -0.3 is 4.90 Å². The van der Waals surface area contributed by atoms with Crippen LogP contribution in [0.25, 0.3) is 39.0 Å². The molecule has 0 saturated carbocycles. The minimum Gasteiger partial charge on any atom is -0.309 e. The lowest BCUT2D eigenvalue weighted by Crippen LogP contribution is -2.30. The van der Waals surface area contributed by atoms with E-state index in [-0.39, 0.29) is 5.41 Å². The molecular formula is C37H27N5. The van der Waals surface area contributed by atoms with Crippen molar-refractivity contribution < 1.29 is 0 Å². The molecule has 6 aromatic rings. The molecule has 0 saturated heterocycles. The number of anilines is 3. The van der Waals surface area contributed by atoms with E-state index in [1.807, 2.05) is 78.9 Å². The number of benzene rings is 5. The van der Waals surface area contributed by atoms with Crippen LogP contribution in [0.5, 0.6) is 0 Å². The first-order chi connectivity index (χ1) is 20.5. The van der Waals surface area contributed by atoms with Crippen LogP contribution in [-0.4, -0.2) is 15.0 Å². The van der Waals surface area contributed by atoms with Gasteiger partial charge in [0.1, 0.15) is 0 Å². The smallest absolute Gasteiger partial charge is 0.188 e. The number of hydrogen-bond acceptors (Lipinski definition) is 4. The summed E-state index contributed by atoms with van der Waals surface area (Å²) in [5.74, 6) is 1.68. The monoisotopic (exact) mass is 541 g/mol. The number of para-hydroxylation sites is 2. The standard InChI is InChI=1S/C37H27N5/c1-37(2)29-18-10-12-20-32(29)42(33-21-13-11-19-30(33)37)31-23-22-27(38-3)24-28(31)36-40-34(25-14-6-4-7-15-25)39-35(41-36)26-16-8-5-9-17-26/h4-24H,1-2H3. The third-order valence-corrected chi connectivity index (χ3v) is 7.93. The summed E-state index contributed by atoms with van der Waals surface area (Å²) >= 11 is 0. The van der Waals surface area contributed by atoms with Crippen molar-refractivity contribution in [3.05, 3.63) is 150 Å². The molecule has 0 bridgehead atoms. The summed E-state index contributed by atoms with van der Waals surface area (Å²) in [6.07, 6.45) is 0. The molecule has 5 aromatic carbocycles. The van der Waals surface area contributed by atoms with Gasteiger partial charge in [-0.1, -0.05) is 117 Å². The predicted molar refractivity (Wildman–Crippen MR) is 169 cm³/mol. The zero-order valence-electron chi connectivity index (χ0n) is 23.4. The highest BCUT2D eigenvalue weighted by Crippen LogP contribution is 2.53. The summed E-state index contributed by atoms with van der Waals surface area (Å²) in [5.41, 5.74) is 8.46. The molecule has 0 unspecified atom stereocenters. The Morgan fingerprint density at radius 3 is 1.55 bits per heavy atom. The topological polar surface area (TPSA) is 46.3 Å². The van der Waals surface area contributed by atoms with Crippen LogP contribution in [-0.2, 0) is 5.41 Å². The summed E-state index contributed by atoms with van der Waals surface area (Å²) < 4.78 is 0. The lowest BCUT2D eigenvalue weighted by Gasteiger charge is -2.42. The number of nitrogens with zero attached hydrogens (tertiary/aromatic N) is 5. The van der Waals surface area contributed by atoms with E-state index in [1.54, 1.807) is 0 Å². The Morgan fingerprint density at radius 2 is 1.02 bits per heavy atom. The molecule has 0 aliphatic carbocycles. The molecule has 5 heteroatoms. The van der Waals surface area contributed by atoms with Crippen LogP contribution in [0.15, 0.2) is 127 Å². The molecule has 1 aliphatic rings. The van der Waals surface area contributed by atoms with Gasteiger partial charge in [0.25, 0.3) is 0 Å². The van der Waals surface area contributed by atoms with Gasteiger partial charge in [0.05, 0.1) is 23.6 Å². The Kier molecular flexibility index (Phi) is 6.10. The van der Waals surface area contributed by atoms with Crippen molar-refractivity contribution in [2.45, 2.75) is 19.3 Å². The highest BCUT2D eigenvalue weighted by Gasteiger charge is 2.37. The summed E-state index contributed by atoms with van der Waals surface area (Å²) in [6.45, 7) is 12.4. The van der Waals surface area contributed by atoms with Gasteiger partial charge in [-0.25, -0.2) is 19.8 Å². The first kappa shape index (κ1) is 25.4. The molecule has 7 rings (SSSR count). The van der Waals surface area contributed by atoms with Gasteiger partial charge in [-0.2, -0.15) is 0 Å². The molecular weight excluding hydrogens is 514 g/mol. The minimum absolute atomic E-state index is 0.186. The quantitative estimate of drug-likeness (QED) is 0.209. The molecule has 0 N–H and O–H groups in total. The summed E-state index contributed by atoms with van der Waals surface area (Å²) in [5, 5.41) is 0. The maximum atomic E-state index is 7.82. The molecule has 42 heavy (non-hydrogen) atoms. The van der Waals surface area contributed by atoms with Gasteiger partial charge in [0.15, 0.2) is 23.2 Å². The van der Waals surface area contributed by atoms with Crippen LogP contribution in [0.2, 0.25) is 0 Å². The highest BCUT2D eigenvalue weighted by atomic mass is 15.2. The van der Waals surface area contributed by atoms with Crippen LogP contribution in [0.3, 0.4) is 0 Å². The second-order valence-electron chi connectivity index (χ2n) is 10.8. The van der Waals surface area contributed by atoms with E-state index >= 15 is 0 Å². The van der Waals surface area contributed by atoms with E-state index in [0.29, 0.717) is 23.2 Å². The Labute approximate surface area is 245 Å². The van der Waals surface area contributed by atoms with E-state index in [2.05, 4.69) is 72.1 Å². The van der Waals surface area contributed by atoms with Gasteiger partial charge in [-0.15, -0.1) is 0 Å². The number of hydrogen-bond donors (Lipinski definition) is 0. The lowest BCUT2D eigenvalue weighted by molar-refractivity contribution is 0.632. The first-order valence-corrected chi connectivity index (χ1v) is 13.9. The Bertz CT molecular complexity index is 1870. The fraction of sp³-hybridized carbons (Fsp3) is 0.0811. The highest BCUT2D eigenvalue weighted by molar-refractivity contribution is 5.92. The summed E-state index contributed by atoms with van der Waals surface area (Å²) in [4.78, 5) is 21.0. The Balaban J connectivity index is 1.52. The molecule has 5 nitrogen and oxygen atoms in total. The van der Waals surface area contributed by atoms with E-state index in [0.717, 1.165) is 33.8 Å². The molecule has 0 atom stereocenters. The number of aromatic nitrogens is 3. The third-order valence-electron chi connectivity index (χ3n) is 7.93. The molecule has 2 heterocycles. The van der Waals surface area contributed by atoms with Crippen molar-refractivity contribution in [2.24, 2.45) is 0 Å². The van der Waals surface area contributed by atoms with Crippen LogP contribution in [0.1, 0.15) is 25.0 Å². The normalized spacial score (nSPS) is 13.1. The second kappa shape index (κ2) is 10.1. The Hall–Kier alpha value is -5.60. The molecule has 200 valence electrons. The van der Waals surface area contributed by atoms with Gasteiger partial charge >= 0.3 is 0 Å². The summed E-state index contributed by atoms with van der Waals surface area (Å²) in [7, 11) is 0. The fourth-order valence-electron chi connectivity index (χ4n) is 5.83. The van der Waals surface area contributed by atoms with Crippen molar-refractivity contribution in [1.82, 2.24) is 15.0 Å². The Morgan fingerprint density at radius 1 is 0.548 bits per heavy atom. The molecule has 0 fully saturated rings. The maximum Gasteiger partial charge on any atom is 0.188 e. The van der Waals surface area contributed by atoms with Gasteiger partial charge in [-0.3, -0.25) is 0 Å². The number of fused-ring (bicyclic) bond motifs is 2. The summed E-state index contributed by atoms with van der Waals surface area (Å²) in [6, 6.07) is 42.8. The van der Waals surface area contributed by atoms with Crippen LogP contribution in [0, 0.1) is 6.57 Å². The van der Waals surface area contributed by atoms with Crippen molar-refractivity contribution >= 4 is 22.7 Å². The molecule has 1 aliphatic heterocycles. The van der Waals surface area contributed by atoms with Crippen LogP contribution in [0.4, 0.5) is 22.7 Å². The lowest BCUT2D eigenvalue weighted by atomic mass is 9.73. The SMILES string of the molecule is [C-]#[N+]c1ccc(N2c3ccccc3C(C)(C)c3ccccc32)c(-c2nc(-c3ccccc3)nc(-c3ccccc3)n2)c1. The third kappa shape index (κ3) is 4.22. The molecule has 0 spiro atoms.